The van der Waals surface area contributed by atoms with Gasteiger partial charge < -0.3 is 25.0 Å². The van der Waals surface area contributed by atoms with Gasteiger partial charge in [-0.1, -0.05) is 19.1 Å². The quantitative estimate of drug-likeness (QED) is 0.662. The lowest BCUT2D eigenvalue weighted by atomic mass is 10.2. The standard InChI is InChI=1S/C19H25FN4O4S/c1-2-17(29)21-10-14-11-24(19(27)28-14)13-3-4-16(15(20)9-13)22-5-7-23(8-6-22)18(26)12-25/h3-4,9,14,25H,2,5-8,10-12H2,1H3,(H,21,29). The van der Waals surface area contributed by atoms with Crippen LogP contribution in [0.1, 0.15) is 13.3 Å². The number of carbonyl (C=O) groups excluding carboxylic acids is 2. The number of nitrogens with one attached hydrogen (secondary N) is 1. The number of thiocarbonyl (C=S) groups is 1. The zero-order valence-electron chi connectivity index (χ0n) is 16.3. The van der Waals surface area contributed by atoms with E-state index in [-0.39, 0.29) is 12.0 Å². The summed E-state index contributed by atoms with van der Waals surface area (Å²) in [7, 11) is 0. The number of hydrogen-bond donors (Lipinski definition) is 2. The minimum Gasteiger partial charge on any atom is -0.442 e. The molecule has 29 heavy (non-hydrogen) atoms. The predicted octanol–water partition coefficient (Wildman–Crippen LogP) is 1.12. The van der Waals surface area contributed by atoms with Crippen molar-refractivity contribution >= 4 is 40.6 Å². The van der Waals surface area contributed by atoms with Crippen LogP contribution in [-0.4, -0.2) is 79.0 Å². The summed E-state index contributed by atoms with van der Waals surface area (Å²) >= 11 is 5.11. The molecule has 1 unspecified atom stereocenters. The molecule has 1 aromatic carbocycles. The van der Waals surface area contributed by atoms with Crippen molar-refractivity contribution in [3.63, 3.8) is 0 Å². The first kappa shape index (κ1) is 21.3. The van der Waals surface area contributed by atoms with E-state index in [1.807, 2.05) is 11.8 Å². The number of nitrogens with zero attached hydrogens (tertiary/aromatic N) is 3. The van der Waals surface area contributed by atoms with Gasteiger partial charge in [0.25, 0.3) is 0 Å². The first-order valence-electron chi connectivity index (χ1n) is 9.61. The number of amides is 2. The average Bonchev–Trinajstić information content (AvgIpc) is 3.12. The molecule has 2 aliphatic heterocycles. The fourth-order valence-corrected chi connectivity index (χ4v) is 3.49. The number of aliphatic hydroxyl groups excluding tert-OH is 1. The fraction of sp³-hybridized carbons (Fsp3) is 0.526. The molecule has 158 valence electrons. The largest absolute Gasteiger partial charge is 0.442 e. The van der Waals surface area contributed by atoms with Crippen molar-refractivity contribution in [1.82, 2.24) is 10.2 Å². The summed E-state index contributed by atoms with van der Waals surface area (Å²) in [4.78, 5) is 29.2. The summed E-state index contributed by atoms with van der Waals surface area (Å²) in [5.41, 5.74) is 0.856. The number of carbonyl (C=O) groups is 2. The SMILES string of the molecule is CCC(=S)NCC1CN(c2ccc(N3CCN(C(=O)CO)CC3)c(F)c2)C(=O)O1. The molecule has 2 amide bonds. The highest BCUT2D eigenvalue weighted by atomic mass is 32.1. The Kier molecular flexibility index (Phi) is 6.86. The smallest absolute Gasteiger partial charge is 0.414 e. The van der Waals surface area contributed by atoms with E-state index >= 15 is 0 Å². The van der Waals surface area contributed by atoms with Crippen LogP contribution < -0.4 is 15.1 Å². The monoisotopic (exact) mass is 424 g/mol. The maximum absolute atomic E-state index is 14.8. The van der Waals surface area contributed by atoms with Crippen molar-refractivity contribution in [3.8, 4) is 0 Å². The second kappa shape index (κ2) is 9.36. The Balaban J connectivity index is 1.62. The van der Waals surface area contributed by atoms with Gasteiger partial charge in [-0.05, 0) is 24.6 Å². The van der Waals surface area contributed by atoms with E-state index in [0.29, 0.717) is 55.6 Å². The zero-order valence-corrected chi connectivity index (χ0v) is 17.1. The first-order valence-corrected chi connectivity index (χ1v) is 10.0. The maximum atomic E-state index is 14.8. The highest BCUT2D eigenvalue weighted by Crippen LogP contribution is 2.28. The van der Waals surface area contributed by atoms with E-state index in [1.54, 1.807) is 17.0 Å². The van der Waals surface area contributed by atoms with Gasteiger partial charge in [-0.15, -0.1) is 0 Å². The molecule has 0 saturated carbocycles. The van der Waals surface area contributed by atoms with E-state index in [1.165, 1.54) is 11.0 Å². The summed E-state index contributed by atoms with van der Waals surface area (Å²) in [5.74, 6) is -0.761. The molecule has 2 aliphatic rings. The van der Waals surface area contributed by atoms with Crippen molar-refractivity contribution in [2.45, 2.75) is 19.4 Å². The molecule has 0 aromatic heterocycles. The normalized spacial score (nSPS) is 19.3. The molecule has 1 atom stereocenters. The number of hydrogen-bond acceptors (Lipinski definition) is 6. The lowest BCUT2D eigenvalue weighted by Crippen LogP contribution is -2.49. The Bertz CT molecular complexity index is 785. The zero-order chi connectivity index (χ0) is 21.0. The number of benzene rings is 1. The molecule has 0 bridgehead atoms. The van der Waals surface area contributed by atoms with Crippen molar-refractivity contribution in [2.24, 2.45) is 0 Å². The third kappa shape index (κ3) is 4.94. The van der Waals surface area contributed by atoms with E-state index < -0.39 is 18.5 Å². The van der Waals surface area contributed by atoms with Crippen LogP contribution in [0.4, 0.5) is 20.6 Å². The summed E-state index contributed by atoms with van der Waals surface area (Å²) in [6, 6.07) is 4.66. The molecule has 0 spiro atoms. The summed E-state index contributed by atoms with van der Waals surface area (Å²) in [5, 5.41) is 12.0. The number of rotatable bonds is 6. The molecule has 10 heteroatoms. The number of cyclic esters (lactones) is 1. The van der Waals surface area contributed by atoms with Gasteiger partial charge in [0.05, 0.1) is 29.5 Å². The van der Waals surface area contributed by atoms with E-state index in [2.05, 4.69) is 5.32 Å². The van der Waals surface area contributed by atoms with Crippen LogP contribution in [0, 0.1) is 5.82 Å². The molecule has 0 radical (unpaired) electrons. The molecular formula is C19H25FN4O4S. The number of anilines is 2. The second-order valence-electron chi connectivity index (χ2n) is 6.94. The molecule has 1 aromatic rings. The Morgan fingerprint density at radius 1 is 1.34 bits per heavy atom. The Morgan fingerprint density at radius 3 is 2.69 bits per heavy atom. The predicted molar refractivity (Wildman–Crippen MR) is 111 cm³/mol. The van der Waals surface area contributed by atoms with Gasteiger partial charge in [0, 0.05) is 26.2 Å². The third-order valence-electron chi connectivity index (χ3n) is 5.07. The van der Waals surface area contributed by atoms with Crippen molar-refractivity contribution in [1.29, 1.82) is 0 Å². The van der Waals surface area contributed by atoms with Crippen molar-refractivity contribution in [3.05, 3.63) is 24.0 Å². The molecular weight excluding hydrogens is 399 g/mol. The van der Waals surface area contributed by atoms with Crippen LogP contribution in [0.3, 0.4) is 0 Å². The Hall–Kier alpha value is -2.46. The van der Waals surface area contributed by atoms with Crippen molar-refractivity contribution in [2.75, 3.05) is 55.7 Å². The van der Waals surface area contributed by atoms with E-state index in [0.717, 1.165) is 6.42 Å². The van der Waals surface area contributed by atoms with Crippen LogP contribution >= 0.6 is 12.2 Å². The van der Waals surface area contributed by atoms with Crippen LogP contribution in [0.2, 0.25) is 0 Å². The van der Waals surface area contributed by atoms with Crippen LogP contribution in [0.15, 0.2) is 18.2 Å². The van der Waals surface area contributed by atoms with Gasteiger partial charge in [-0.2, -0.15) is 0 Å². The fourth-order valence-electron chi connectivity index (χ4n) is 3.41. The van der Waals surface area contributed by atoms with Crippen LogP contribution in [-0.2, 0) is 9.53 Å². The molecule has 8 nitrogen and oxygen atoms in total. The number of halogens is 1. The summed E-state index contributed by atoms with van der Waals surface area (Å²) in [6.45, 7) is 3.95. The summed E-state index contributed by atoms with van der Waals surface area (Å²) < 4.78 is 20.1. The highest BCUT2D eigenvalue weighted by molar-refractivity contribution is 7.80. The molecule has 2 saturated heterocycles. The first-order chi connectivity index (χ1) is 13.9. The van der Waals surface area contributed by atoms with Gasteiger partial charge in [0.15, 0.2) is 0 Å². The highest BCUT2D eigenvalue weighted by Gasteiger charge is 2.33. The topological polar surface area (TPSA) is 85.4 Å². The summed E-state index contributed by atoms with van der Waals surface area (Å²) in [6.07, 6.45) is -0.149. The van der Waals surface area contributed by atoms with E-state index in [4.69, 9.17) is 22.1 Å². The van der Waals surface area contributed by atoms with Gasteiger partial charge in [0.2, 0.25) is 5.91 Å². The maximum Gasteiger partial charge on any atom is 0.414 e. The molecule has 2 fully saturated rings. The average molecular weight is 424 g/mol. The van der Waals surface area contributed by atoms with Gasteiger partial charge in [-0.25, -0.2) is 9.18 Å². The minimum absolute atomic E-state index is 0.318. The number of piperazine rings is 1. The van der Waals surface area contributed by atoms with Crippen molar-refractivity contribution < 1.29 is 23.8 Å². The van der Waals surface area contributed by atoms with Gasteiger partial charge in [0.1, 0.15) is 18.5 Å². The lowest BCUT2D eigenvalue weighted by Gasteiger charge is -2.36. The van der Waals surface area contributed by atoms with Crippen LogP contribution in [0.25, 0.3) is 0 Å². The number of ether oxygens (including phenoxy) is 1. The third-order valence-corrected chi connectivity index (χ3v) is 5.51. The lowest BCUT2D eigenvalue weighted by molar-refractivity contribution is -0.134. The van der Waals surface area contributed by atoms with Gasteiger partial charge >= 0.3 is 6.09 Å². The molecule has 3 rings (SSSR count). The molecule has 0 aliphatic carbocycles. The molecule has 2 N–H and O–H groups in total. The Labute approximate surface area is 174 Å². The Morgan fingerprint density at radius 2 is 2.07 bits per heavy atom. The minimum atomic E-state index is -0.518. The number of aliphatic hydroxyl groups is 1. The van der Waals surface area contributed by atoms with E-state index in [9.17, 15) is 14.0 Å². The second-order valence-corrected chi connectivity index (χ2v) is 7.43. The van der Waals surface area contributed by atoms with Gasteiger partial charge in [-0.3, -0.25) is 9.69 Å². The van der Waals surface area contributed by atoms with Crippen LogP contribution in [0.5, 0.6) is 0 Å². The molecule has 2 heterocycles.